The van der Waals surface area contributed by atoms with Gasteiger partial charge in [0.25, 0.3) is 0 Å². The Hall–Kier alpha value is -1.72. The van der Waals surface area contributed by atoms with Gasteiger partial charge in [0.2, 0.25) is 5.75 Å². The number of hydrogen-bond donors (Lipinski definition) is 1. The Morgan fingerprint density at radius 1 is 1.05 bits per heavy atom. The van der Waals surface area contributed by atoms with Crippen molar-refractivity contribution in [3.63, 3.8) is 0 Å². The lowest BCUT2D eigenvalue weighted by Gasteiger charge is -2.17. The van der Waals surface area contributed by atoms with Gasteiger partial charge >= 0.3 is 0 Å². The zero-order valence-corrected chi connectivity index (χ0v) is 12.0. The van der Waals surface area contributed by atoms with Gasteiger partial charge in [0, 0.05) is 4.88 Å². The molecule has 0 aliphatic heterocycles. The van der Waals surface area contributed by atoms with Gasteiger partial charge in [-0.25, -0.2) is 0 Å². The molecule has 1 aromatic heterocycles. The van der Waals surface area contributed by atoms with Gasteiger partial charge < -0.3 is 19.9 Å². The second-order valence-electron chi connectivity index (χ2n) is 3.95. The van der Waals surface area contributed by atoms with Crippen LogP contribution in [0, 0.1) is 0 Å². The molecule has 1 atom stereocenters. The molecule has 2 N–H and O–H groups in total. The fraction of sp³-hybridized carbons (Fsp3) is 0.286. The molecule has 1 heterocycles. The van der Waals surface area contributed by atoms with Crippen molar-refractivity contribution < 1.29 is 14.2 Å². The SMILES string of the molecule is COc1cc([C@@H](N)c2cccs2)cc(OC)c1OC. The standard InChI is InChI=1S/C14H17NO3S/c1-16-10-7-9(8-11(17-2)14(10)18-3)13(15)12-5-4-6-19-12/h4-8,13H,15H2,1-3H3/t13-/m1/s1. The Kier molecular flexibility index (Phi) is 4.29. The van der Waals surface area contributed by atoms with Gasteiger partial charge in [0.15, 0.2) is 11.5 Å². The molecule has 0 aliphatic carbocycles. The Balaban J connectivity index is 2.47. The van der Waals surface area contributed by atoms with E-state index in [2.05, 4.69) is 0 Å². The molecule has 0 fully saturated rings. The molecule has 102 valence electrons. The average Bonchev–Trinajstić information content (AvgIpc) is 2.98. The molecule has 0 saturated heterocycles. The molecule has 2 aromatic rings. The van der Waals surface area contributed by atoms with Crippen molar-refractivity contribution in [3.05, 3.63) is 40.1 Å². The minimum Gasteiger partial charge on any atom is -0.493 e. The van der Waals surface area contributed by atoms with Crippen LogP contribution in [-0.4, -0.2) is 21.3 Å². The first-order chi connectivity index (χ1) is 9.21. The van der Waals surface area contributed by atoms with Crippen LogP contribution in [0.2, 0.25) is 0 Å². The molecule has 0 amide bonds. The Morgan fingerprint density at radius 3 is 2.11 bits per heavy atom. The fourth-order valence-corrected chi connectivity index (χ4v) is 2.67. The first-order valence-corrected chi connectivity index (χ1v) is 6.68. The van der Waals surface area contributed by atoms with Gasteiger partial charge in [0.1, 0.15) is 0 Å². The van der Waals surface area contributed by atoms with E-state index in [-0.39, 0.29) is 6.04 Å². The van der Waals surface area contributed by atoms with Gasteiger partial charge in [0.05, 0.1) is 27.4 Å². The zero-order valence-electron chi connectivity index (χ0n) is 11.2. The normalized spacial score (nSPS) is 12.0. The van der Waals surface area contributed by atoms with Gasteiger partial charge in [-0.2, -0.15) is 0 Å². The highest BCUT2D eigenvalue weighted by molar-refractivity contribution is 7.10. The summed E-state index contributed by atoms with van der Waals surface area (Å²) in [6.45, 7) is 0. The highest BCUT2D eigenvalue weighted by Crippen LogP contribution is 2.40. The van der Waals surface area contributed by atoms with Gasteiger partial charge in [-0.1, -0.05) is 6.07 Å². The predicted molar refractivity (Wildman–Crippen MR) is 76.4 cm³/mol. The van der Waals surface area contributed by atoms with E-state index in [1.807, 2.05) is 29.6 Å². The number of benzene rings is 1. The van der Waals surface area contributed by atoms with E-state index in [4.69, 9.17) is 19.9 Å². The van der Waals surface area contributed by atoms with E-state index in [1.54, 1.807) is 32.7 Å². The van der Waals surface area contributed by atoms with Crippen LogP contribution in [0.25, 0.3) is 0 Å². The molecule has 4 nitrogen and oxygen atoms in total. The number of methoxy groups -OCH3 is 3. The second-order valence-corrected chi connectivity index (χ2v) is 4.93. The molecule has 19 heavy (non-hydrogen) atoms. The Labute approximate surface area is 116 Å². The molecule has 0 saturated carbocycles. The Bertz CT molecular complexity index is 515. The highest BCUT2D eigenvalue weighted by atomic mass is 32.1. The summed E-state index contributed by atoms with van der Waals surface area (Å²) in [5, 5.41) is 2.01. The summed E-state index contributed by atoms with van der Waals surface area (Å²) in [5.74, 6) is 1.81. The predicted octanol–water partition coefficient (Wildman–Crippen LogP) is 2.82. The first-order valence-electron chi connectivity index (χ1n) is 5.80. The third-order valence-corrected chi connectivity index (χ3v) is 3.85. The van der Waals surface area contributed by atoms with E-state index >= 15 is 0 Å². The van der Waals surface area contributed by atoms with Crippen molar-refractivity contribution in [1.82, 2.24) is 0 Å². The van der Waals surface area contributed by atoms with Crippen LogP contribution in [0.4, 0.5) is 0 Å². The Morgan fingerprint density at radius 2 is 1.68 bits per heavy atom. The maximum Gasteiger partial charge on any atom is 0.203 e. The maximum absolute atomic E-state index is 6.26. The van der Waals surface area contributed by atoms with E-state index in [1.165, 1.54) is 0 Å². The number of hydrogen-bond acceptors (Lipinski definition) is 5. The molecule has 1 aromatic carbocycles. The zero-order chi connectivity index (χ0) is 13.8. The molecule has 2 rings (SSSR count). The molecular formula is C14H17NO3S. The summed E-state index contributed by atoms with van der Waals surface area (Å²) in [4.78, 5) is 1.09. The molecule has 0 bridgehead atoms. The van der Waals surface area contributed by atoms with Gasteiger partial charge in [-0.15, -0.1) is 11.3 Å². The highest BCUT2D eigenvalue weighted by Gasteiger charge is 2.18. The summed E-state index contributed by atoms with van der Waals surface area (Å²) in [7, 11) is 4.77. The van der Waals surface area contributed by atoms with Crippen LogP contribution in [0.1, 0.15) is 16.5 Å². The smallest absolute Gasteiger partial charge is 0.203 e. The van der Waals surface area contributed by atoms with Gasteiger partial charge in [-0.3, -0.25) is 0 Å². The summed E-state index contributed by atoms with van der Waals surface area (Å²) < 4.78 is 16.0. The summed E-state index contributed by atoms with van der Waals surface area (Å²) in [6.07, 6.45) is 0. The number of ether oxygens (including phenoxy) is 3. The van der Waals surface area contributed by atoms with Crippen LogP contribution >= 0.6 is 11.3 Å². The van der Waals surface area contributed by atoms with Crippen LogP contribution < -0.4 is 19.9 Å². The quantitative estimate of drug-likeness (QED) is 0.914. The second kappa shape index (κ2) is 5.95. The van der Waals surface area contributed by atoms with Crippen molar-refractivity contribution in [2.24, 2.45) is 5.73 Å². The number of rotatable bonds is 5. The fourth-order valence-electron chi connectivity index (χ4n) is 1.91. The molecule has 0 radical (unpaired) electrons. The van der Waals surface area contributed by atoms with Crippen molar-refractivity contribution in [2.75, 3.05) is 21.3 Å². The molecule has 5 heteroatoms. The first kappa shape index (κ1) is 13.7. The lowest BCUT2D eigenvalue weighted by atomic mass is 10.0. The van der Waals surface area contributed by atoms with Crippen LogP contribution in [0.3, 0.4) is 0 Å². The van der Waals surface area contributed by atoms with E-state index in [9.17, 15) is 0 Å². The lowest BCUT2D eigenvalue weighted by Crippen LogP contribution is -2.11. The number of nitrogens with two attached hydrogens (primary N) is 1. The van der Waals surface area contributed by atoms with Crippen molar-refractivity contribution in [2.45, 2.75) is 6.04 Å². The average molecular weight is 279 g/mol. The summed E-state index contributed by atoms with van der Waals surface area (Å²) >= 11 is 1.62. The van der Waals surface area contributed by atoms with Crippen molar-refractivity contribution >= 4 is 11.3 Å². The van der Waals surface area contributed by atoms with Crippen LogP contribution in [0.5, 0.6) is 17.2 Å². The maximum atomic E-state index is 6.26. The minimum absolute atomic E-state index is 0.200. The van der Waals surface area contributed by atoms with Crippen molar-refractivity contribution in [1.29, 1.82) is 0 Å². The van der Waals surface area contributed by atoms with Crippen LogP contribution in [-0.2, 0) is 0 Å². The summed E-state index contributed by atoms with van der Waals surface area (Å²) in [5.41, 5.74) is 7.19. The largest absolute Gasteiger partial charge is 0.493 e. The number of thiophene rings is 1. The lowest BCUT2D eigenvalue weighted by molar-refractivity contribution is 0.323. The molecule has 0 unspecified atom stereocenters. The van der Waals surface area contributed by atoms with Gasteiger partial charge in [-0.05, 0) is 29.1 Å². The molecule has 0 spiro atoms. The van der Waals surface area contributed by atoms with Crippen molar-refractivity contribution in [3.8, 4) is 17.2 Å². The van der Waals surface area contributed by atoms with E-state index in [0.717, 1.165) is 10.4 Å². The molecular weight excluding hydrogens is 262 g/mol. The molecule has 0 aliphatic rings. The van der Waals surface area contributed by atoms with Crippen LogP contribution in [0.15, 0.2) is 29.6 Å². The summed E-state index contributed by atoms with van der Waals surface area (Å²) in [6, 6.07) is 7.56. The third-order valence-electron chi connectivity index (χ3n) is 2.90. The monoisotopic (exact) mass is 279 g/mol. The third kappa shape index (κ3) is 2.67. The minimum atomic E-state index is -0.200. The topological polar surface area (TPSA) is 53.7 Å². The van der Waals surface area contributed by atoms with E-state index in [0.29, 0.717) is 17.2 Å². The van der Waals surface area contributed by atoms with E-state index < -0.39 is 0 Å².